The minimum atomic E-state index is -0.998. The van der Waals surface area contributed by atoms with Crippen LogP contribution in [0, 0.1) is 5.92 Å². The standard InChI is InChI=1S/C19H30N2O2S/c1-13(2)11-19(6,17(20)23)21-16(22)12-24-15-9-7-14(8-10-15)18(3,4)5/h7-10,13H,11-12H2,1-6H3,(H2,20,23)(H,21,22). The second-order valence-electron chi connectivity index (χ2n) is 7.91. The maximum atomic E-state index is 12.2. The first-order chi connectivity index (χ1) is 10.9. The average molecular weight is 351 g/mol. The zero-order valence-corrected chi connectivity index (χ0v) is 16.4. The molecule has 0 aliphatic heterocycles. The van der Waals surface area contributed by atoms with E-state index in [9.17, 15) is 9.59 Å². The first kappa shape index (κ1) is 20.6. The van der Waals surface area contributed by atoms with Crippen molar-refractivity contribution in [1.82, 2.24) is 5.32 Å². The maximum Gasteiger partial charge on any atom is 0.242 e. The Kier molecular flexibility index (Phi) is 6.90. The molecule has 3 N–H and O–H groups in total. The van der Waals surface area contributed by atoms with Crippen molar-refractivity contribution in [3.8, 4) is 0 Å². The molecule has 1 unspecified atom stereocenters. The fourth-order valence-electron chi connectivity index (χ4n) is 2.57. The van der Waals surface area contributed by atoms with Crippen molar-refractivity contribution in [3.05, 3.63) is 29.8 Å². The summed E-state index contributed by atoms with van der Waals surface area (Å²) in [5.74, 6) is -0.151. The number of amides is 2. The number of carbonyl (C=O) groups excluding carboxylic acids is 2. The third-order valence-electron chi connectivity index (χ3n) is 3.87. The van der Waals surface area contributed by atoms with Gasteiger partial charge >= 0.3 is 0 Å². The van der Waals surface area contributed by atoms with Crippen LogP contribution in [0.1, 0.15) is 53.5 Å². The zero-order chi connectivity index (χ0) is 18.5. The van der Waals surface area contributed by atoms with Crippen LogP contribution in [0.3, 0.4) is 0 Å². The molecule has 5 heteroatoms. The van der Waals surface area contributed by atoms with Gasteiger partial charge < -0.3 is 11.1 Å². The predicted octanol–water partition coefficient (Wildman–Crippen LogP) is 3.48. The number of benzene rings is 1. The van der Waals surface area contributed by atoms with E-state index >= 15 is 0 Å². The molecule has 1 rings (SSSR count). The molecule has 0 saturated carbocycles. The van der Waals surface area contributed by atoms with E-state index in [4.69, 9.17) is 5.73 Å². The van der Waals surface area contributed by atoms with Crippen molar-refractivity contribution in [2.24, 2.45) is 11.7 Å². The Bertz CT molecular complexity index is 576. The Labute approximate surface area is 150 Å². The molecule has 24 heavy (non-hydrogen) atoms. The predicted molar refractivity (Wildman–Crippen MR) is 101 cm³/mol. The summed E-state index contributed by atoms with van der Waals surface area (Å²) in [4.78, 5) is 24.9. The van der Waals surface area contributed by atoms with E-state index in [0.29, 0.717) is 6.42 Å². The van der Waals surface area contributed by atoms with Gasteiger partial charge in [0, 0.05) is 4.90 Å². The molecule has 134 valence electrons. The Morgan fingerprint density at radius 2 is 1.67 bits per heavy atom. The van der Waals surface area contributed by atoms with Crippen LogP contribution < -0.4 is 11.1 Å². The maximum absolute atomic E-state index is 12.2. The van der Waals surface area contributed by atoms with Crippen LogP contribution in [0.2, 0.25) is 0 Å². The van der Waals surface area contributed by atoms with E-state index in [1.54, 1.807) is 6.92 Å². The molecule has 1 aromatic rings. The third-order valence-corrected chi connectivity index (χ3v) is 4.88. The molecule has 4 nitrogen and oxygen atoms in total. The molecule has 0 spiro atoms. The van der Waals surface area contributed by atoms with Gasteiger partial charge in [0.15, 0.2) is 0 Å². The van der Waals surface area contributed by atoms with Gasteiger partial charge in [-0.3, -0.25) is 9.59 Å². The lowest BCUT2D eigenvalue weighted by Crippen LogP contribution is -2.56. The van der Waals surface area contributed by atoms with Crippen LogP contribution in [0.4, 0.5) is 0 Å². The topological polar surface area (TPSA) is 72.2 Å². The van der Waals surface area contributed by atoms with Crippen molar-refractivity contribution in [1.29, 1.82) is 0 Å². The molecule has 0 aliphatic carbocycles. The lowest BCUT2D eigenvalue weighted by atomic mass is 9.87. The van der Waals surface area contributed by atoms with E-state index in [0.717, 1.165) is 4.90 Å². The van der Waals surface area contributed by atoms with Crippen molar-refractivity contribution >= 4 is 23.6 Å². The fourth-order valence-corrected chi connectivity index (χ4v) is 3.27. The molecule has 0 heterocycles. The fraction of sp³-hybridized carbons (Fsp3) is 0.579. The summed E-state index contributed by atoms with van der Waals surface area (Å²) in [5, 5.41) is 2.80. The SMILES string of the molecule is CC(C)CC(C)(NC(=O)CSc1ccc(C(C)(C)C)cc1)C(N)=O. The highest BCUT2D eigenvalue weighted by Crippen LogP contribution is 2.25. The number of primary amides is 1. The summed E-state index contributed by atoms with van der Waals surface area (Å²) in [7, 11) is 0. The molecule has 1 aromatic carbocycles. The van der Waals surface area contributed by atoms with Crippen LogP contribution in [-0.2, 0) is 15.0 Å². The minimum absolute atomic E-state index is 0.112. The number of thioether (sulfide) groups is 1. The Morgan fingerprint density at radius 3 is 2.08 bits per heavy atom. The highest BCUT2D eigenvalue weighted by atomic mass is 32.2. The van der Waals surface area contributed by atoms with Crippen LogP contribution in [-0.4, -0.2) is 23.1 Å². The summed E-state index contributed by atoms with van der Waals surface area (Å²) >= 11 is 1.45. The molecule has 2 amide bonds. The molecular formula is C19H30N2O2S. The van der Waals surface area contributed by atoms with Gasteiger partial charge in [0.2, 0.25) is 11.8 Å². The molecular weight excluding hydrogens is 320 g/mol. The Morgan fingerprint density at radius 1 is 1.12 bits per heavy atom. The summed E-state index contributed by atoms with van der Waals surface area (Å²) in [6, 6.07) is 8.24. The second kappa shape index (κ2) is 8.06. The van der Waals surface area contributed by atoms with Crippen LogP contribution in [0.25, 0.3) is 0 Å². The van der Waals surface area contributed by atoms with Crippen molar-refractivity contribution < 1.29 is 9.59 Å². The highest BCUT2D eigenvalue weighted by molar-refractivity contribution is 8.00. The lowest BCUT2D eigenvalue weighted by Gasteiger charge is -2.29. The summed E-state index contributed by atoms with van der Waals surface area (Å²) < 4.78 is 0. The normalized spacial score (nSPS) is 14.3. The van der Waals surface area contributed by atoms with Gasteiger partial charge in [-0.25, -0.2) is 0 Å². The van der Waals surface area contributed by atoms with Gasteiger partial charge in [-0.05, 0) is 42.4 Å². The summed E-state index contributed by atoms with van der Waals surface area (Å²) in [6.45, 7) is 12.2. The van der Waals surface area contributed by atoms with Crippen LogP contribution in [0.15, 0.2) is 29.2 Å². The number of nitrogens with one attached hydrogen (secondary N) is 1. The van der Waals surface area contributed by atoms with Crippen LogP contribution in [0.5, 0.6) is 0 Å². The largest absolute Gasteiger partial charge is 0.368 e. The molecule has 0 radical (unpaired) electrons. The van der Waals surface area contributed by atoms with E-state index in [2.05, 4.69) is 38.2 Å². The molecule has 1 atom stereocenters. The van der Waals surface area contributed by atoms with Gasteiger partial charge in [-0.15, -0.1) is 11.8 Å². The van der Waals surface area contributed by atoms with E-state index in [1.165, 1.54) is 17.3 Å². The number of carbonyl (C=O) groups is 2. The average Bonchev–Trinajstić information content (AvgIpc) is 2.43. The third kappa shape index (κ3) is 6.19. The highest BCUT2D eigenvalue weighted by Gasteiger charge is 2.33. The first-order valence-electron chi connectivity index (χ1n) is 8.28. The number of hydrogen-bond donors (Lipinski definition) is 2. The monoisotopic (exact) mass is 350 g/mol. The van der Waals surface area contributed by atoms with Gasteiger partial charge in [-0.1, -0.05) is 46.8 Å². The summed E-state index contributed by atoms with van der Waals surface area (Å²) in [5.41, 5.74) is 5.84. The van der Waals surface area contributed by atoms with Gasteiger partial charge in [-0.2, -0.15) is 0 Å². The quantitative estimate of drug-likeness (QED) is 0.740. The summed E-state index contributed by atoms with van der Waals surface area (Å²) in [6.07, 6.45) is 0.527. The van der Waals surface area contributed by atoms with Crippen molar-refractivity contribution in [3.63, 3.8) is 0 Å². The Hall–Kier alpha value is -1.49. The molecule has 0 aliphatic rings. The zero-order valence-electron chi connectivity index (χ0n) is 15.6. The first-order valence-corrected chi connectivity index (χ1v) is 9.27. The minimum Gasteiger partial charge on any atom is -0.368 e. The van der Waals surface area contributed by atoms with E-state index in [1.807, 2.05) is 26.0 Å². The van der Waals surface area contributed by atoms with Crippen LogP contribution >= 0.6 is 11.8 Å². The van der Waals surface area contributed by atoms with Crippen molar-refractivity contribution in [2.45, 2.75) is 63.8 Å². The number of nitrogens with two attached hydrogens (primary N) is 1. The smallest absolute Gasteiger partial charge is 0.242 e. The van der Waals surface area contributed by atoms with Gasteiger partial charge in [0.05, 0.1) is 5.75 Å². The second-order valence-corrected chi connectivity index (χ2v) is 8.95. The lowest BCUT2D eigenvalue weighted by molar-refractivity contribution is -0.130. The molecule has 0 aromatic heterocycles. The van der Waals surface area contributed by atoms with E-state index < -0.39 is 11.4 Å². The van der Waals surface area contributed by atoms with E-state index in [-0.39, 0.29) is 23.0 Å². The van der Waals surface area contributed by atoms with Gasteiger partial charge in [0.1, 0.15) is 5.54 Å². The number of hydrogen-bond acceptors (Lipinski definition) is 3. The van der Waals surface area contributed by atoms with Crippen molar-refractivity contribution in [2.75, 3.05) is 5.75 Å². The van der Waals surface area contributed by atoms with Gasteiger partial charge in [0.25, 0.3) is 0 Å². The number of rotatable bonds is 7. The molecule has 0 fully saturated rings. The molecule has 0 saturated heterocycles. The Balaban J connectivity index is 2.64. The molecule has 0 bridgehead atoms.